The van der Waals surface area contributed by atoms with Crippen LogP contribution >= 0.6 is 0 Å². The monoisotopic (exact) mass is 266 g/mol. The molecule has 0 heterocycles. The van der Waals surface area contributed by atoms with E-state index >= 15 is 0 Å². The quantitative estimate of drug-likeness (QED) is 0.566. The summed E-state index contributed by atoms with van der Waals surface area (Å²) in [7, 11) is 2.85. The molecule has 0 bridgehead atoms. The predicted molar refractivity (Wildman–Crippen MR) is 70.3 cm³/mol. The van der Waals surface area contributed by atoms with Crippen molar-refractivity contribution >= 4 is 11.9 Å². The number of carbonyl (C=O) groups is 2. The largest absolute Gasteiger partial charge is 0.469 e. The Bertz CT molecular complexity index is 412. The van der Waals surface area contributed by atoms with Crippen molar-refractivity contribution in [2.45, 2.75) is 39.0 Å². The van der Waals surface area contributed by atoms with E-state index in [4.69, 9.17) is 9.47 Å². The Balaban J connectivity index is 2.06. The van der Waals surface area contributed by atoms with E-state index in [1.54, 1.807) is 0 Å². The van der Waals surface area contributed by atoms with E-state index in [-0.39, 0.29) is 17.4 Å². The van der Waals surface area contributed by atoms with Crippen molar-refractivity contribution in [2.75, 3.05) is 14.2 Å². The standard InChI is InChI=1S/C15H22O4/c1-4-10-5-12-11(6-13(16)18-2)8-15(12,7-10)9-14(17)19-3/h5,11-12H,4,6-9H2,1-3H3. The number of carbonyl (C=O) groups excluding carboxylic acids is 2. The van der Waals surface area contributed by atoms with Gasteiger partial charge in [0.25, 0.3) is 0 Å². The zero-order valence-corrected chi connectivity index (χ0v) is 11.9. The smallest absolute Gasteiger partial charge is 0.306 e. The number of fused-ring (bicyclic) bond motifs is 1. The third-order valence-corrected chi connectivity index (χ3v) is 4.71. The van der Waals surface area contributed by atoms with Gasteiger partial charge in [-0.25, -0.2) is 0 Å². The minimum absolute atomic E-state index is 0.0110. The van der Waals surface area contributed by atoms with Gasteiger partial charge in [0, 0.05) is 6.42 Å². The van der Waals surface area contributed by atoms with Crippen molar-refractivity contribution in [2.24, 2.45) is 17.3 Å². The van der Waals surface area contributed by atoms with Gasteiger partial charge in [0.2, 0.25) is 0 Å². The second-order valence-electron chi connectivity index (χ2n) is 5.74. The fraction of sp³-hybridized carbons (Fsp3) is 0.733. The molecule has 0 radical (unpaired) electrons. The van der Waals surface area contributed by atoms with Crippen LogP contribution in [0.5, 0.6) is 0 Å². The first kappa shape index (κ1) is 14.1. The molecule has 106 valence electrons. The molecule has 0 aromatic heterocycles. The fourth-order valence-corrected chi connectivity index (χ4v) is 3.74. The van der Waals surface area contributed by atoms with Crippen LogP contribution in [-0.4, -0.2) is 26.2 Å². The lowest BCUT2D eigenvalue weighted by molar-refractivity contribution is -0.151. The third-order valence-electron chi connectivity index (χ3n) is 4.71. The highest BCUT2D eigenvalue weighted by atomic mass is 16.5. The number of hydrogen-bond donors (Lipinski definition) is 0. The Morgan fingerprint density at radius 3 is 2.58 bits per heavy atom. The van der Waals surface area contributed by atoms with Crippen LogP contribution in [0.4, 0.5) is 0 Å². The zero-order valence-electron chi connectivity index (χ0n) is 11.9. The summed E-state index contributed by atoms with van der Waals surface area (Å²) in [4.78, 5) is 23.0. The van der Waals surface area contributed by atoms with E-state index in [0.717, 1.165) is 19.3 Å². The normalized spacial score (nSPS) is 32.1. The molecule has 0 aromatic carbocycles. The number of allylic oxidation sites excluding steroid dienone is 2. The maximum Gasteiger partial charge on any atom is 0.306 e. The molecule has 2 rings (SSSR count). The van der Waals surface area contributed by atoms with Crippen LogP contribution in [0.15, 0.2) is 11.6 Å². The van der Waals surface area contributed by atoms with E-state index in [9.17, 15) is 9.59 Å². The summed E-state index contributed by atoms with van der Waals surface area (Å²) in [6.07, 6.45) is 6.11. The van der Waals surface area contributed by atoms with Crippen LogP contribution in [-0.2, 0) is 19.1 Å². The molecule has 2 aliphatic rings. The summed E-state index contributed by atoms with van der Waals surface area (Å²) in [5.41, 5.74) is 1.41. The summed E-state index contributed by atoms with van der Waals surface area (Å²) < 4.78 is 9.55. The Labute approximate surface area is 114 Å². The molecule has 0 N–H and O–H groups in total. The lowest BCUT2D eigenvalue weighted by atomic mass is 9.52. The minimum atomic E-state index is -0.157. The molecule has 3 unspecified atom stereocenters. The van der Waals surface area contributed by atoms with Crippen LogP contribution in [0, 0.1) is 17.3 Å². The molecule has 2 aliphatic carbocycles. The van der Waals surface area contributed by atoms with Gasteiger partial charge < -0.3 is 9.47 Å². The number of ether oxygens (including phenoxy) is 2. The van der Waals surface area contributed by atoms with Crippen molar-refractivity contribution in [1.82, 2.24) is 0 Å². The molecule has 0 saturated heterocycles. The van der Waals surface area contributed by atoms with E-state index in [1.807, 2.05) is 0 Å². The molecule has 0 amide bonds. The van der Waals surface area contributed by atoms with Crippen LogP contribution in [0.1, 0.15) is 39.0 Å². The molecular weight excluding hydrogens is 244 g/mol. The molecule has 19 heavy (non-hydrogen) atoms. The van der Waals surface area contributed by atoms with Crippen molar-refractivity contribution in [3.05, 3.63) is 11.6 Å². The van der Waals surface area contributed by atoms with Crippen LogP contribution in [0.2, 0.25) is 0 Å². The van der Waals surface area contributed by atoms with E-state index in [0.29, 0.717) is 24.7 Å². The molecular formula is C15H22O4. The Hall–Kier alpha value is -1.32. The number of hydrogen-bond acceptors (Lipinski definition) is 4. The van der Waals surface area contributed by atoms with Gasteiger partial charge in [0.15, 0.2) is 0 Å². The summed E-state index contributed by atoms with van der Waals surface area (Å²) in [5, 5.41) is 0. The minimum Gasteiger partial charge on any atom is -0.469 e. The fourth-order valence-electron chi connectivity index (χ4n) is 3.74. The van der Waals surface area contributed by atoms with E-state index in [1.165, 1.54) is 19.8 Å². The van der Waals surface area contributed by atoms with Crippen molar-refractivity contribution in [3.8, 4) is 0 Å². The summed E-state index contributed by atoms with van der Waals surface area (Å²) in [6, 6.07) is 0. The van der Waals surface area contributed by atoms with Crippen LogP contribution < -0.4 is 0 Å². The van der Waals surface area contributed by atoms with Gasteiger partial charge in [0.05, 0.1) is 20.6 Å². The summed E-state index contributed by atoms with van der Waals surface area (Å²) >= 11 is 0. The van der Waals surface area contributed by atoms with Crippen LogP contribution in [0.25, 0.3) is 0 Å². The van der Waals surface area contributed by atoms with Crippen LogP contribution in [0.3, 0.4) is 0 Å². The third kappa shape index (κ3) is 2.53. The molecule has 4 nitrogen and oxygen atoms in total. The highest BCUT2D eigenvalue weighted by molar-refractivity contribution is 5.72. The van der Waals surface area contributed by atoms with Crippen molar-refractivity contribution in [1.29, 1.82) is 0 Å². The Morgan fingerprint density at radius 1 is 1.32 bits per heavy atom. The van der Waals surface area contributed by atoms with Gasteiger partial charge in [-0.2, -0.15) is 0 Å². The lowest BCUT2D eigenvalue weighted by Crippen LogP contribution is -2.46. The van der Waals surface area contributed by atoms with E-state index in [2.05, 4.69) is 13.0 Å². The maximum absolute atomic E-state index is 11.6. The molecule has 4 heteroatoms. The maximum atomic E-state index is 11.6. The van der Waals surface area contributed by atoms with Gasteiger partial charge in [-0.3, -0.25) is 9.59 Å². The van der Waals surface area contributed by atoms with Gasteiger partial charge in [-0.1, -0.05) is 18.6 Å². The zero-order chi connectivity index (χ0) is 14.0. The van der Waals surface area contributed by atoms with Gasteiger partial charge in [-0.15, -0.1) is 0 Å². The van der Waals surface area contributed by atoms with Gasteiger partial charge in [0.1, 0.15) is 0 Å². The second-order valence-corrected chi connectivity index (χ2v) is 5.74. The van der Waals surface area contributed by atoms with Gasteiger partial charge in [-0.05, 0) is 36.5 Å². The highest BCUT2D eigenvalue weighted by Crippen LogP contribution is 2.63. The lowest BCUT2D eigenvalue weighted by Gasteiger charge is -2.51. The van der Waals surface area contributed by atoms with Crippen molar-refractivity contribution in [3.63, 3.8) is 0 Å². The first-order valence-electron chi connectivity index (χ1n) is 6.88. The molecule has 0 aliphatic heterocycles. The molecule has 1 fully saturated rings. The average Bonchev–Trinajstić information content (AvgIpc) is 2.68. The average molecular weight is 266 g/mol. The van der Waals surface area contributed by atoms with E-state index < -0.39 is 0 Å². The highest BCUT2D eigenvalue weighted by Gasteiger charge is 2.56. The Kier molecular flexibility index (Phi) is 3.97. The second kappa shape index (κ2) is 5.35. The SMILES string of the molecule is CCC1=CC2C(CC(=O)OC)CC2(CC(=O)OC)C1. The first-order valence-corrected chi connectivity index (χ1v) is 6.88. The topological polar surface area (TPSA) is 52.6 Å². The number of esters is 2. The Morgan fingerprint density at radius 2 is 2.00 bits per heavy atom. The predicted octanol–water partition coefficient (Wildman–Crippen LogP) is 2.48. The van der Waals surface area contributed by atoms with Crippen molar-refractivity contribution < 1.29 is 19.1 Å². The molecule has 0 spiro atoms. The number of rotatable bonds is 5. The first-order chi connectivity index (χ1) is 9.04. The number of methoxy groups -OCH3 is 2. The van der Waals surface area contributed by atoms with Gasteiger partial charge >= 0.3 is 11.9 Å². The summed E-state index contributed by atoms with van der Waals surface area (Å²) in [6.45, 7) is 2.14. The molecule has 1 saturated carbocycles. The summed E-state index contributed by atoms with van der Waals surface area (Å²) in [5.74, 6) is 0.351. The molecule has 3 atom stereocenters. The molecule has 0 aromatic rings.